The number of nitrogens with one attached hydrogen (secondary N) is 1. The fraction of sp³-hybridized carbons (Fsp3) is 0.304. The molecule has 0 radical (unpaired) electrons. The first kappa shape index (κ1) is 25.6. The quantitative estimate of drug-likeness (QED) is 0.455. The van der Waals surface area contributed by atoms with Gasteiger partial charge in [0.05, 0.1) is 21.2 Å². The zero-order valence-corrected chi connectivity index (χ0v) is 21.9. The maximum absolute atomic E-state index is 13.1. The van der Waals surface area contributed by atoms with E-state index in [9.17, 15) is 21.9 Å². The predicted molar refractivity (Wildman–Crippen MR) is 138 cm³/mol. The molecule has 188 valence electrons. The minimum Gasteiger partial charge on any atom is -0.373 e. The number of hydrogen-bond acceptors (Lipinski definition) is 8. The molecule has 4 rings (SSSR count). The molecule has 3 aromatic rings. The van der Waals surface area contributed by atoms with Crippen molar-refractivity contribution in [3.63, 3.8) is 0 Å². The molecule has 0 saturated carbocycles. The standard InChI is InChI=1S/C23H28N4O5S3/c1-25(2)35(31,32)19-11-9-18(10-12-19)34(29,30)24-20-6-3-4-7-21(20)26-13-15-27(16-14-26)23(28)22-8-5-17-33-22/h3-12,17,23-24,28H,13-16H2,1-2H3/t23-/m0/s1. The Kier molecular flexibility index (Phi) is 7.50. The van der Waals surface area contributed by atoms with Gasteiger partial charge in [0, 0.05) is 45.2 Å². The van der Waals surface area contributed by atoms with Gasteiger partial charge in [-0.25, -0.2) is 21.1 Å². The molecule has 1 atom stereocenters. The molecule has 1 fully saturated rings. The summed E-state index contributed by atoms with van der Waals surface area (Å²) in [5.41, 5.74) is 1.18. The zero-order chi connectivity index (χ0) is 25.2. The van der Waals surface area contributed by atoms with E-state index in [1.165, 1.54) is 49.7 Å². The molecule has 35 heavy (non-hydrogen) atoms. The van der Waals surface area contributed by atoms with Crippen molar-refractivity contribution in [2.45, 2.75) is 16.0 Å². The van der Waals surface area contributed by atoms with Crippen molar-refractivity contribution in [2.24, 2.45) is 0 Å². The average molecular weight is 537 g/mol. The van der Waals surface area contributed by atoms with Gasteiger partial charge in [-0.1, -0.05) is 18.2 Å². The van der Waals surface area contributed by atoms with E-state index in [1.807, 2.05) is 34.5 Å². The van der Waals surface area contributed by atoms with Gasteiger partial charge in [-0.2, -0.15) is 0 Å². The van der Waals surface area contributed by atoms with Crippen molar-refractivity contribution >= 4 is 42.8 Å². The molecule has 1 aliphatic heterocycles. The van der Waals surface area contributed by atoms with Crippen LogP contribution in [0.1, 0.15) is 11.1 Å². The number of thiophene rings is 1. The number of aliphatic hydroxyl groups is 1. The van der Waals surface area contributed by atoms with Crippen molar-refractivity contribution in [2.75, 3.05) is 49.9 Å². The van der Waals surface area contributed by atoms with Crippen LogP contribution in [0.5, 0.6) is 0 Å². The summed E-state index contributed by atoms with van der Waals surface area (Å²) in [6.45, 7) is 2.50. The molecule has 1 saturated heterocycles. The van der Waals surface area contributed by atoms with Crippen LogP contribution < -0.4 is 9.62 Å². The van der Waals surface area contributed by atoms with E-state index in [1.54, 1.807) is 12.1 Å². The van der Waals surface area contributed by atoms with Gasteiger partial charge >= 0.3 is 0 Å². The summed E-state index contributed by atoms with van der Waals surface area (Å²) in [5, 5.41) is 12.5. The minimum atomic E-state index is -3.94. The van der Waals surface area contributed by atoms with Crippen LogP contribution >= 0.6 is 11.3 Å². The van der Waals surface area contributed by atoms with E-state index in [-0.39, 0.29) is 9.79 Å². The largest absolute Gasteiger partial charge is 0.373 e. The number of hydrogen-bond donors (Lipinski definition) is 2. The van der Waals surface area contributed by atoms with E-state index >= 15 is 0 Å². The predicted octanol–water partition coefficient (Wildman–Crippen LogP) is 2.61. The Balaban J connectivity index is 1.49. The van der Waals surface area contributed by atoms with Gasteiger partial charge in [0.1, 0.15) is 6.23 Å². The molecule has 0 bridgehead atoms. The number of para-hydroxylation sites is 2. The van der Waals surface area contributed by atoms with Crippen LogP contribution in [0.3, 0.4) is 0 Å². The van der Waals surface area contributed by atoms with E-state index in [0.29, 0.717) is 31.9 Å². The number of benzene rings is 2. The van der Waals surface area contributed by atoms with E-state index in [0.717, 1.165) is 14.9 Å². The normalized spacial score (nSPS) is 16.4. The summed E-state index contributed by atoms with van der Waals surface area (Å²) in [4.78, 5) is 4.97. The van der Waals surface area contributed by atoms with Crippen LogP contribution in [-0.4, -0.2) is 71.4 Å². The summed E-state index contributed by atoms with van der Waals surface area (Å²) in [6, 6.07) is 16.1. The van der Waals surface area contributed by atoms with Crippen LogP contribution in [0.2, 0.25) is 0 Å². The third-order valence-corrected chi connectivity index (χ3v) is 9.98. The summed E-state index contributed by atoms with van der Waals surface area (Å²) in [6.07, 6.45) is -0.648. The maximum Gasteiger partial charge on any atom is 0.261 e. The summed E-state index contributed by atoms with van der Waals surface area (Å²) >= 11 is 1.51. The Labute approximate surface area is 210 Å². The SMILES string of the molecule is CN(C)S(=O)(=O)c1ccc(S(=O)(=O)Nc2ccccc2N2CCN([C@@H](O)c3cccs3)CC2)cc1. The van der Waals surface area contributed by atoms with Crippen LogP contribution in [0.15, 0.2) is 75.8 Å². The van der Waals surface area contributed by atoms with Crippen molar-refractivity contribution < 1.29 is 21.9 Å². The molecule has 0 unspecified atom stereocenters. The Morgan fingerprint density at radius 3 is 2.11 bits per heavy atom. The van der Waals surface area contributed by atoms with Crippen LogP contribution in [0, 0.1) is 0 Å². The second-order valence-electron chi connectivity index (χ2n) is 8.29. The lowest BCUT2D eigenvalue weighted by molar-refractivity contribution is 0.00113. The number of piperazine rings is 1. The van der Waals surface area contributed by atoms with Gasteiger partial charge in [-0.3, -0.25) is 9.62 Å². The molecule has 0 spiro atoms. The highest BCUT2D eigenvalue weighted by atomic mass is 32.2. The van der Waals surface area contributed by atoms with Gasteiger partial charge < -0.3 is 10.0 Å². The van der Waals surface area contributed by atoms with E-state index < -0.39 is 26.3 Å². The monoisotopic (exact) mass is 536 g/mol. The minimum absolute atomic E-state index is 0.0180. The molecule has 2 aromatic carbocycles. The zero-order valence-electron chi connectivity index (χ0n) is 19.4. The number of rotatable bonds is 8. The summed E-state index contributed by atoms with van der Waals surface area (Å²) in [7, 11) is -4.76. The van der Waals surface area contributed by atoms with Crippen molar-refractivity contribution in [1.82, 2.24) is 9.21 Å². The maximum atomic E-state index is 13.1. The molecule has 0 amide bonds. The van der Waals surface area contributed by atoms with Crippen molar-refractivity contribution in [1.29, 1.82) is 0 Å². The number of nitrogens with zero attached hydrogens (tertiary/aromatic N) is 3. The Morgan fingerprint density at radius 2 is 1.51 bits per heavy atom. The van der Waals surface area contributed by atoms with Crippen molar-refractivity contribution in [3.05, 3.63) is 70.9 Å². The topological polar surface area (TPSA) is 110 Å². The fourth-order valence-electron chi connectivity index (χ4n) is 3.87. The summed E-state index contributed by atoms with van der Waals surface area (Å²) in [5.74, 6) is 0. The van der Waals surface area contributed by atoms with Gasteiger partial charge in [0.2, 0.25) is 10.0 Å². The highest BCUT2D eigenvalue weighted by Gasteiger charge is 2.26. The lowest BCUT2D eigenvalue weighted by Crippen LogP contribution is -2.47. The molecule has 2 N–H and O–H groups in total. The number of anilines is 2. The van der Waals surface area contributed by atoms with E-state index in [2.05, 4.69) is 9.62 Å². The first-order chi connectivity index (χ1) is 16.6. The second kappa shape index (κ2) is 10.2. The lowest BCUT2D eigenvalue weighted by atomic mass is 10.2. The molecule has 12 heteroatoms. The Bertz CT molecular complexity index is 1350. The molecule has 1 aliphatic rings. The molecule has 9 nitrogen and oxygen atoms in total. The smallest absolute Gasteiger partial charge is 0.261 e. The van der Waals surface area contributed by atoms with Crippen LogP contribution in [-0.2, 0) is 20.0 Å². The average Bonchev–Trinajstić information content (AvgIpc) is 3.39. The van der Waals surface area contributed by atoms with Crippen molar-refractivity contribution in [3.8, 4) is 0 Å². The van der Waals surface area contributed by atoms with Gasteiger partial charge in [0.25, 0.3) is 10.0 Å². The van der Waals surface area contributed by atoms with Crippen LogP contribution in [0.4, 0.5) is 11.4 Å². The summed E-state index contributed by atoms with van der Waals surface area (Å²) < 4.78 is 54.4. The first-order valence-corrected chi connectivity index (χ1v) is 14.7. The molecule has 2 heterocycles. The lowest BCUT2D eigenvalue weighted by Gasteiger charge is -2.38. The number of aliphatic hydroxyl groups excluding tert-OH is 1. The molecule has 0 aliphatic carbocycles. The van der Waals surface area contributed by atoms with Gasteiger partial charge in [-0.05, 0) is 47.8 Å². The Hall–Kier alpha value is -2.48. The molecular formula is C23H28N4O5S3. The highest BCUT2D eigenvalue weighted by molar-refractivity contribution is 7.92. The molecule has 1 aromatic heterocycles. The first-order valence-electron chi connectivity index (χ1n) is 10.9. The van der Waals surface area contributed by atoms with Gasteiger partial charge in [-0.15, -0.1) is 11.3 Å². The Morgan fingerprint density at radius 1 is 0.886 bits per heavy atom. The van der Waals surface area contributed by atoms with Gasteiger partial charge in [0.15, 0.2) is 0 Å². The second-order valence-corrected chi connectivity index (χ2v) is 13.1. The number of sulfonamides is 2. The third-order valence-electron chi connectivity index (χ3n) is 5.86. The third kappa shape index (κ3) is 5.52. The van der Waals surface area contributed by atoms with E-state index in [4.69, 9.17) is 0 Å². The highest BCUT2D eigenvalue weighted by Crippen LogP contribution is 2.31. The molecular weight excluding hydrogens is 508 g/mol. The van der Waals surface area contributed by atoms with Crippen LogP contribution in [0.25, 0.3) is 0 Å². The fourth-order valence-corrected chi connectivity index (χ4v) is 6.58.